The summed E-state index contributed by atoms with van der Waals surface area (Å²) in [4.78, 5) is 0. The van der Waals surface area contributed by atoms with Gasteiger partial charge in [0.1, 0.15) is 0 Å². The average molecular weight is 272 g/mol. The molecule has 0 aromatic carbocycles. The van der Waals surface area contributed by atoms with Crippen LogP contribution in [0.5, 0.6) is 0 Å². The molecule has 5 heavy (non-hydrogen) atoms. The van der Waals surface area contributed by atoms with Crippen LogP contribution in [-0.4, -0.2) is 0 Å². The van der Waals surface area contributed by atoms with Crippen molar-refractivity contribution >= 4 is 8.85 Å². The number of hydrogen-bond donors (Lipinski definition) is 0. The molecule has 5 heteroatoms. The largest absolute Gasteiger partial charge is 2.00 e. The first-order chi connectivity index (χ1) is 1.73. The molecule has 0 N–H and O–H groups in total. The third kappa shape index (κ3) is 50.3. The Morgan fingerprint density at radius 3 is 1.00 bits per heavy atom. The third-order valence-electron chi connectivity index (χ3n) is 0. The van der Waals surface area contributed by atoms with E-state index in [9.17, 15) is 12.6 Å². The summed E-state index contributed by atoms with van der Waals surface area (Å²) in [6.45, 7) is 0. The summed E-state index contributed by atoms with van der Waals surface area (Å²) < 4.78 is 29.2. The summed E-state index contributed by atoms with van der Waals surface area (Å²) >= 11 is 0. The second kappa shape index (κ2) is 4.91. The van der Waals surface area contributed by atoms with Gasteiger partial charge in [0.2, 0.25) is 0 Å². The summed E-state index contributed by atoms with van der Waals surface area (Å²) in [5.74, 6) is 0. The molecule has 0 aromatic rings. The predicted molar refractivity (Wildman–Crippen MR) is 10.2 cm³/mol. The van der Waals surface area contributed by atoms with Crippen LogP contribution < -0.4 is 0 Å². The summed E-state index contributed by atoms with van der Waals surface area (Å²) in [5, 5.41) is 0. The first-order valence-electron chi connectivity index (χ1n) is 0.507. The molecule has 0 heterocycles. The predicted octanol–water partition coefficient (Wildman–Crippen LogP) is 2.12. The second-order valence-corrected chi connectivity index (χ2v) is 0.575. The topological polar surface area (TPSA) is 0 Å². The number of hydrogen-bond acceptors (Lipinski definition) is 0. The maximum Gasteiger partial charge on any atom is 2.00 e. The van der Waals surface area contributed by atoms with Gasteiger partial charge in [-0.1, -0.05) is 0 Å². The molecular weight excluding hydrogens is 272 g/mol. The smallest absolute Gasteiger partial charge is 0.152 e. The molecule has 0 unspecified atom stereocenters. The van der Waals surface area contributed by atoms with E-state index in [4.69, 9.17) is 0 Å². The van der Waals surface area contributed by atoms with Gasteiger partial charge in [0.05, 0.1) is 0 Å². The van der Waals surface area contributed by atoms with Crippen molar-refractivity contribution in [1.29, 1.82) is 0 Å². The molecule has 0 radical (unpaired) electrons. The van der Waals surface area contributed by atoms with Crippen LogP contribution in [0.4, 0.5) is 12.6 Å². The van der Waals surface area contributed by atoms with Crippen LogP contribution in [0.1, 0.15) is 0 Å². The van der Waals surface area contributed by atoms with E-state index >= 15 is 0 Å². The van der Waals surface area contributed by atoms with Crippen molar-refractivity contribution in [2.45, 2.75) is 0 Å². The van der Waals surface area contributed by atoms with Crippen LogP contribution in [0, 0.1) is 0 Å². The molecule has 0 atom stereocenters. The van der Waals surface area contributed by atoms with Gasteiger partial charge in [-0.15, -0.1) is 0 Å². The zero-order valence-electron chi connectivity index (χ0n) is 1.99. The minimum Gasteiger partial charge on any atom is -0.152 e. The Kier molecular flexibility index (Phi) is 9.15. The van der Waals surface area contributed by atoms with Crippen LogP contribution in [0.3, 0.4) is 0 Å². The van der Waals surface area contributed by atoms with Crippen molar-refractivity contribution in [1.82, 2.24) is 0 Å². The molecule has 0 saturated carbocycles. The van der Waals surface area contributed by atoms with E-state index in [2.05, 4.69) is 0 Å². The molecule has 30 valence electrons. The van der Waals surface area contributed by atoms with Gasteiger partial charge >= 0.3 is 29.9 Å². The van der Waals surface area contributed by atoms with E-state index in [0.29, 0.717) is 0 Å². The van der Waals surface area contributed by atoms with E-state index in [-0.39, 0.29) is 21.1 Å². The number of rotatable bonds is 0. The standard InChI is InChI=1S/F3P.W/c1-4(2)3;/q;+2. The zero-order valence-corrected chi connectivity index (χ0v) is 5.82. The van der Waals surface area contributed by atoms with E-state index in [1.807, 2.05) is 0 Å². The van der Waals surface area contributed by atoms with Gasteiger partial charge in [-0.05, 0) is 0 Å². The molecule has 0 aliphatic rings. The van der Waals surface area contributed by atoms with Crippen LogP contribution in [0.15, 0.2) is 0 Å². The third-order valence-corrected chi connectivity index (χ3v) is 0. The van der Waals surface area contributed by atoms with Crippen LogP contribution in [-0.2, 0) is 21.1 Å². The van der Waals surface area contributed by atoms with Gasteiger partial charge in [-0.3, -0.25) is 0 Å². The first kappa shape index (κ1) is 9.32. The molecule has 0 spiro atoms. The van der Waals surface area contributed by atoms with Crippen molar-refractivity contribution in [2.75, 3.05) is 0 Å². The van der Waals surface area contributed by atoms with Gasteiger partial charge in [-0.25, -0.2) is 0 Å². The Labute approximate surface area is 43.1 Å². The van der Waals surface area contributed by atoms with Gasteiger partial charge < -0.3 is 0 Å². The second-order valence-electron chi connectivity index (χ2n) is 0.192. The Morgan fingerprint density at radius 2 is 1.00 bits per heavy atom. The molecule has 0 nitrogen and oxygen atoms in total. The maximum atomic E-state index is 9.73. The fourth-order valence-corrected chi connectivity index (χ4v) is 0. The van der Waals surface area contributed by atoms with Gasteiger partial charge in [0, 0.05) is 0 Å². The Bertz CT molecular complexity index is 11.6. The molecule has 0 aromatic heterocycles. The van der Waals surface area contributed by atoms with E-state index in [0.717, 1.165) is 0 Å². The molecule has 0 aliphatic carbocycles. The number of halogens is 3. The van der Waals surface area contributed by atoms with Crippen molar-refractivity contribution in [3.05, 3.63) is 0 Å². The van der Waals surface area contributed by atoms with E-state index in [1.54, 1.807) is 0 Å². The van der Waals surface area contributed by atoms with Crippen molar-refractivity contribution in [2.24, 2.45) is 0 Å². The van der Waals surface area contributed by atoms with Crippen molar-refractivity contribution in [3.63, 3.8) is 0 Å². The van der Waals surface area contributed by atoms with E-state index in [1.165, 1.54) is 0 Å². The molecule has 0 amide bonds. The zero-order chi connectivity index (χ0) is 3.58. The van der Waals surface area contributed by atoms with Crippen LogP contribution in [0.2, 0.25) is 0 Å². The van der Waals surface area contributed by atoms with E-state index < -0.39 is 8.85 Å². The monoisotopic (exact) mass is 272 g/mol. The average Bonchev–Trinajstić information content (AvgIpc) is 0.811. The van der Waals surface area contributed by atoms with Crippen molar-refractivity contribution < 1.29 is 33.7 Å². The molecular formula is F3PW+2. The SMILES string of the molecule is FP(F)F.[W+2]. The quantitative estimate of drug-likeness (QED) is 0.592. The summed E-state index contributed by atoms with van der Waals surface area (Å²) in [5.41, 5.74) is 0. The molecule has 0 fully saturated rings. The van der Waals surface area contributed by atoms with Gasteiger partial charge in [0.15, 0.2) is 0 Å². The summed E-state index contributed by atoms with van der Waals surface area (Å²) in [7, 11) is -4.12. The van der Waals surface area contributed by atoms with Crippen LogP contribution >= 0.6 is 8.85 Å². The maximum absolute atomic E-state index is 9.73. The molecule has 0 rings (SSSR count). The minimum atomic E-state index is -4.12. The van der Waals surface area contributed by atoms with Crippen molar-refractivity contribution in [3.8, 4) is 0 Å². The molecule has 0 aliphatic heterocycles. The minimum absolute atomic E-state index is 0. The fraction of sp³-hybridized carbons (Fsp3) is 0. The van der Waals surface area contributed by atoms with Gasteiger partial charge in [0.25, 0.3) is 0 Å². The Hall–Kier alpha value is 0.908. The van der Waals surface area contributed by atoms with Gasteiger partial charge in [-0.2, -0.15) is 12.6 Å². The summed E-state index contributed by atoms with van der Waals surface area (Å²) in [6.07, 6.45) is 0. The molecule has 0 saturated heterocycles. The summed E-state index contributed by atoms with van der Waals surface area (Å²) in [6, 6.07) is 0. The molecule has 0 bridgehead atoms. The fourth-order valence-electron chi connectivity index (χ4n) is 0. The first-order valence-corrected chi connectivity index (χ1v) is 1.52. The van der Waals surface area contributed by atoms with Crippen LogP contribution in [0.25, 0.3) is 0 Å². The Balaban J connectivity index is 0. The Morgan fingerprint density at radius 1 is 1.00 bits per heavy atom. The normalized spacial score (nSPS) is 7.20.